The summed E-state index contributed by atoms with van der Waals surface area (Å²) in [7, 11) is 1.79. The molecule has 96 valence electrons. The Morgan fingerprint density at radius 2 is 2.12 bits per heavy atom. The van der Waals surface area contributed by atoms with Gasteiger partial charge in [-0.25, -0.2) is 0 Å². The van der Waals surface area contributed by atoms with Crippen LogP contribution in [0.3, 0.4) is 0 Å². The summed E-state index contributed by atoms with van der Waals surface area (Å²) in [5.74, 6) is 0.209. The predicted octanol–water partition coefficient (Wildman–Crippen LogP) is -0.195. The lowest BCUT2D eigenvalue weighted by Crippen LogP contribution is -2.40. The zero-order valence-corrected chi connectivity index (χ0v) is 10.4. The third kappa shape index (κ3) is 2.77. The van der Waals surface area contributed by atoms with E-state index in [9.17, 15) is 9.59 Å². The Hall–Kier alpha value is -1.10. The van der Waals surface area contributed by atoms with Gasteiger partial charge in [-0.15, -0.1) is 0 Å². The fraction of sp³-hybridized carbons (Fsp3) is 0.833. The zero-order valence-electron chi connectivity index (χ0n) is 10.4. The van der Waals surface area contributed by atoms with E-state index in [0.717, 1.165) is 32.2 Å². The monoisotopic (exact) mass is 239 g/mol. The molecule has 0 aromatic heterocycles. The summed E-state index contributed by atoms with van der Waals surface area (Å²) in [6.45, 7) is 1.68. The first kappa shape index (κ1) is 12.4. The van der Waals surface area contributed by atoms with Crippen LogP contribution in [0, 0.1) is 5.92 Å². The third-order valence-corrected chi connectivity index (χ3v) is 3.81. The van der Waals surface area contributed by atoms with Crippen LogP contribution < -0.4 is 5.73 Å². The quantitative estimate of drug-likeness (QED) is 0.689. The number of amides is 2. The first-order valence-corrected chi connectivity index (χ1v) is 6.36. The molecule has 0 bridgehead atoms. The summed E-state index contributed by atoms with van der Waals surface area (Å²) in [6, 6.07) is 0.161. The summed E-state index contributed by atoms with van der Waals surface area (Å²) in [4.78, 5) is 27.4. The van der Waals surface area contributed by atoms with Gasteiger partial charge in [-0.05, 0) is 25.7 Å². The Bertz CT molecular complexity index is 319. The maximum Gasteiger partial charge on any atom is 0.241 e. The van der Waals surface area contributed by atoms with Crippen molar-refractivity contribution in [3.8, 4) is 0 Å². The SMILES string of the molecule is CN1CCCN(C(=O)C2CCC(N)C2)CC1=O. The maximum atomic E-state index is 12.3. The number of carbonyl (C=O) groups excluding carboxylic acids is 2. The van der Waals surface area contributed by atoms with Gasteiger partial charge in [0.1, 0.15) is 0 Å². The molecule has 2 atom stereocenters. The maximum absolute atomic E-state index is 12.3. The molecule has 0 spiro atoms. The number of nitrogens with zero attached hydrogens (tertiary/aromatic N) is 2. The Morgan fingerprint density at radius 1 is 1.35 bits per heavy atom. The van der Waals surface area contributed by atoms with Crippen LogP contribution in [-0.2, 0) is 9.59 Å². The minimum Gasteiger partial charge on any atom is -0.344 e. The van der Waals surface area contributed by atoms with Gasteiger partial charge in [-0.3, -0.25) is 9.59 Å². The van der Waals surface area contributed by atoms with Crippen LogP contribution in [0.25, 0.3) is 0 Å². The minimum absolute atomic E-state index is 0.0399. The lowest BCUT2D eigenvalue weighted by atomic mass is 10.1. The third-order valence-electron chi connectivity index (χ3n) is 3.81. The minimum atomic E-state index is 0.0399. The second kappa shape index (κ2) is 5.04. The predicted molar refractivity (Wildman–Crippen MR) is 64.2 cm³/mol. The second-order valence-electron chi connectivity index (χ2n) is 5.20. The average Bonchev–Trinajstić information content (AvgIpc) is 2.65. The molecule has 0 aromatic carbocycles. The summed E-state index contributed by atoms with van der Waals surface area (Å²) in [5.41, 5.74) is 5.83. The molecule has 0 aromatic rings. The molecule has 1 saturated carbocycles. The molecule has 1 heterocycles. The fourth-order valence-corrected chi connectivity index (χ4v) is 2.67. The van der Waals surface area contributed by atoms with Gasteiger partial charge in [-0.2, -0.15) is 0 Å². The van der Waals surface area contributed by atoms with Crippen molar-refractivity contribution in [2.45, 2.75) is 31.7 Å². The standard InChI is InChI=1S/C12H21N3O2/c1-14-5-2-6-15(8-11(14)16)12(17)9-3-4-10(13)7-9/h9-10H,2-8,13H2,1H3. The van der Waals surface area contributed by atoms with Crippen molar-refractivity contribution in [2.75, 3.05) is 26.7 Å². The largest absolute Gasteiger partial charge is 0.344 e. The number of rotatable bonds is 1. The highest BCUT2D eigenvalue weighted by Crippen LogP contribution is 2.26. The first-order valence-electron chi connectivity index (χ1n) is 6.36. The van der Waals surface area contributed by atoms with Crippen LogP contribution in [0.2, 0.25) is 0 Å². The zero-order chi connectivity index (χ0) is 12.4. The van der Waals surface area contributed by atoms with Crippen molar-refractivity contribution in [1.29, 1.82) is 0 Å². The number of hydrogen-bond donors (Lipinski definition) is 1. The normalized spacial score (nSPS) is 30.6. The molecular weight excluding hydrogens is 218 g/mol. The molecule has 2 unspecified atom stereocenters. The fourth-order valence-electron chi connectivity index (χ4n) is 2.67. The van der Waals surface area contributed by atoms with Gasteiger partial charge in [-0.1, -0.05) is 0 Å². The number of hydrogen-bond acceptors (Lipinski definition) is 3. The molecule has 1 aliphatic heterocycles. The van der Waals surface area contributed by atoms with Crippen LogP contribution in [0.15, 0.2) is 0 Å². The number of nitrogens with two attached hydrogens (primary N) is 1. The lowest BCUT2D eigenvalue weighted by Gasteiger charge is -2.23. The molecule has 17 heavy (non-hydrogen) atoms. The molecule has 2 amide bonds. The molecule has 2 rings (SSSR count). The van der Waals surface area contributed by atoms with Crippen molar-refractivity contribution in [1.82, 2.24) is 9.80 Å². The smallest absolute Gasteiger partial charge is 0.241 e. The van der Waals surface area contributed by atoms with Gasteiger partial charge >= 0.3 is 0 Å². The van der Waals surface area contributed by atoms with Gasteiger partial charge in [0.05, 0.1) is 6.54 Å². The van der Waals surface area contributed by atoms with E-state index < -0.39 is 0 Å². The number of likely N-dealkylation sites (N-methyl/N-ethyl adjacent to an activating group) is 1. The van der Waals surface area contributed by atoms with Crippen LogP contribution in [0.1, 0.15) is 25.7 Å². The molecule has 2 fully saturated rings. The van der Waals surface area contributed by atoms with Gasteiger partial charge in [0, 0.05) is 32.1 Å². The second-order valence-corrected chi connectivity index (χ2v) is 5.20. The molecule has 0 radical (unpaired) electrons. The van der Waals surface area contributed by atoms with Gasteiger partial charge in [0.25, 0.3) is 0 Å². The summed E-state index contributed by atoms with van der Waals surface area (Å²) in [6.07, 6.45) is 3.45. The van der Waals surface area contributed by atoms with Gasteiger partial charge < -0.3 is 15.5 Å². The Morgan fingerprint density at radius 3 is 2.76 bits per heavy atom. The van der Waals surface area contributed by atoms with E-state index in [4.69, 9.17) is 5.73 Å². The molecule has 1 saturated heterocycles. The first-order chi connectivity index (χ1) is 8.08. The highest BCUT2D eigenvalue weighted by atomic mass is 16.2. The van der Waals surface area contributed by atoms with Crippen molar-refractivity contribution in [3.63, 3.8) is 0 Å². The molecule has 2 aliphatic rings. The van der Waals surface area contributed by atoms with E-state index in [2.05, 4.69) is 0 Å². The van der Waals surface area contributed by atoms with E-state index in [1.807, 2.05) is 0 Å². The van der Waals surface area contributed by atoms with Gasteiger partial charge in [0.2, 0.25) is 11.8 Å². The Labute approximate surface area is 102 Å². The van der Waals surface area contributed by atoms with E-state index in [-0.39, 0.29) is 30.3 Å². The van der Waals surface area contributed by atoms with Crippen molar-refractivity contribution in [2.24, 2.45) is 11.7 Å². The summed E-state index contributed by atoms with van der Waals surface area (Å²) >= 11 is 0. The topological polar surface area (TPSA) is 66.6 Å². The highest BCUT2D eigenvalue weighted by Gasteiger charge is 2.32. The molecule has 2 N–H and O–H groups in total. The van der Waals surface area contributed by atoms with Crippen molar-refractivity contribution < 1.29 is 9.59 Å². The molecular formula is C12H21N3O2. The van der Waals surface area contributed by atoms with Crippen LogP contribution >= 0.6 is 0 Å². The summed E-state index contributed by atoms with van der Waals surface area (Å²) < 4.78 is 0. The molecule has 1 aliphatic carbocycles. The highest BCUT2D eigenvalue weighted by molar-refractivity contribution is 5.86. The van der Waals surface area contributed by atoms with Crippen LogP contribution in [0.4, 0.5) is 0 Å². The lowest BCUT2D eigenvalue weighted by molar-refractivity contribution is -0.140. The van der Waals surface area contributed by atoms with E-state index in [1.54, 1.807) is 16.8 Å². The van der Waals surface area contributed by atoms with E-state index >= 15 is 0 Å². The number of carbonyl (C=O) groups is 2. The molecule has 5 nitrogen and oxygen atoms in total. The Kier molecular flexibility index (Phi) is 3.66. The van der Waals surface area contributed by atoms with Crippen LogP contribution in [0.5, 0.6) is 0 Å². The van der Waals surface area contributed by atoms with Crippen LogP contribution in [-0.4, -0.2) is 54.3 Å². The Balaban J connectivity index is 1.97. The van der Waals surface area contributed by atoms with E-state index in [0.29, 0.717) is 6.54 Å². The van der Waals surface area contributed by atoms with E-state index in [1.165, 1.54) is 0 Å². The van der Waals surface area contributed by atoms with Crippen molar-refractivity contribution in [3.05, 3.63) is 0 Å². The average molecular weight is 239 g/mol. The van der Waals surface area contributed by atoms with Crippen molar-refractivity contribution >= 4 is 11.8 Å². The molecule has 5 heteroatoms. The summed E-state index contributed by atoms with van der Waals surface area (Å²) in [5, 5.41) is 0. The van der Waals surface area contributed by atoms with Gasteiger partial charge in [0.15, 0.2) is 0 Å².